The fourth-order valence-corrected chi connectivity index (χ4v) is 6.28. The van der Waals surface area contributed by atoms with E-state index < -0.39 is 23.0 Å². The van der Waals surface area contributed by atoms with Crippen LogP contribution >= 0.6 is 24.0 Å². The average molecular weight is 519 g/mol. The van der Waals surface area contributed by atoms with E-state index in [1.165, 1.54) is 6.07 Å². The Kier molecular flexibility index (Phi) is 6.13. The maximum absolute atomic E-state index is 13.5. The van der Waals surface area contributed by atoms with Crippen LogP contribution in [0, 0.1) is 11.3 Å². The van der Waals surface area contributed by atoms with Crippen LogP contribution in [-0.4, -0.2) is 39.2 Å². The third-order valence-corrected chi connectivity index (χ3v) is 8.12. The smallest absolute Gasteiger partial charge is 0.419 e. The van der Waals surface area contributed by atoms with Crippen LogP contribution in [-0.2, 0) is 11.0 Å². The Labute approximate surface area is 210 Å². The molecule has 1 aromatic carbocycles. The summed E-state index contributed by atoms with van der Waals surface area (Å²) in [7, 11) is 0. The number of hydrogen-bond donors (Lipinski definition) is 0. The van der Waals surface area contributed by atoms with Gasteiger partial charge in [-0.05, 0) is 86.2 Å². The van der Waals surface area contributed by atoms with Gasteiger partial charge in [0.15, 0.2) is 10.8 Å². The number of aromatic nitrogens is 1. The number of ether oxygens (including phenoxy) is 1. The van der Waals surface area contributed by atoms with Crippen molar-refractivity contribution in [2.24, 2.45) is 0 Å². The summed E-state index contributed by atoms with van der Waals surface area (Å²) in [5.41, 5.74) is -2.31. The molecule has 0 N–H and O–H groups in total. The van der Waals surface area contributed by atoms with Gasteiger partial charge in [-0.1, -0.05) is 0 Å². The molecule has 1 amide bonds. The van der Waals surface area contributed by atoms with Crippen LogP contribution in [0.5, 0.6) is 5.75 Å². The third-order valence-electron chi connectivity index (χ3n) is 6.70. The third kappa shape index (κ3) is 4.12. The molecule has 1 aromatic heterocycles. The molecule has 0 radical (unpaired) electrons. The molecule has 1 saturated carbocycles. The number of thioether (sulfide) groups is 1. The number of alkyl halides is 3. The minimum absolute atomic E-state index is 0.0901. The number of anilines is 2. The van der Waals surface area contributed by atoms with Crippen molar-refractivity contribution in [3.63, 3.8) is 0 Å². The van der Waals surface area contributed by atoms with Crippen LogP contribution in [0.2, 0.25) is 0 Å². The molecule has 5 rings (SSSR count). The summed E-state index contributed by atoms with van der Waals surface area (Å²) in [6, 6.07) is 9.56. The molecule has 0 atom stereocenters. The first-order valence-corrected chi connectivity index (χ1v) is 12.8. The summed E-state index contributed by atoms with van der Waals surface area (Å²) in [6.07, 6.45) is 0.344. The van der Waals surface area contributed by atoms with Crippen LogP contribution < -0.4 is 14.5 Å². The Morgan fingerprint density at radius 2 is 1.86 bits per heavy atom. The van der Waals surface area contributed by atoms with Gasteiger partial charge in [-0.2, -0.15) is 30.2 Å². The van der Waals surface area contributed by atoms with Gasteiger partial charge in [-0.15, -0.1) is 0 Å². The van der Waals surface area contributed by atoms with Crippen LogP contribution in [0.25, 0.3) is 0 Å². The van der Waals surface area contributed by atoms with Crippen LogP contribution in [0.1, 0.15) is 43.4 Å². The van der Waals surface area contributed by atoms with Gasteiger partial charge in [0.1, 0.15) is 23.5 Å². The molecule has 3 heterocycles. The summed E-state index contributed by atoms with van der Waals surface area (Å²) < 4.78 is 46.7. The van der Waals surface area contributed by atoms with Gasteiger partial charge in [0, 0.05) is 5.69 Å². The van der Waals surface area contributed by atoms with Gasteiger partial charge in [-0.25, -0.2) is 4.98 Å². The summed E-state index contributed by atoms with van der Waals surface area (Å²) in [4.78, 5) is 20.1. The van der Waals surface area contributed by atoms with Gasteiger partial charge >= 0.3 is 6.18 Å². The van der Waals surface area contributed by atoms with E-state index in [0.29, 0.717) is 18.5 Å². The normalized spacial score (nSPS) is 20.2. The molecule has 0 unspecified atom stereocenters. The largest absolute Gasteiger partial charge is 0.490 e. The Morgan fingerprint density at radius 3 is 2.43 bits per heavy atom. The molecular weight excluding hydrogens is 497 g/mol. The second-order valence-electron chi connectivity index (χ2n) is 8.77. The van der Waals surface area contributed by atoms with E-state index in [4.69, 9.17) is 22.2 Å². The Hall–Kier alpha value is -2.84. The van der Waals surface area contributed by atoms with Gasteiger partial charge in [-0.3, -0.25) is 9.69 Å². The molecule has 2 aromatic rings. The monoisotopic (exact) mass is 518 g/mol. The highest BCUT2D eigenvalue weighted by molar-refractivity contribution is 7.99. The first-order valence-electron chi connectivity index (χ1n) is 11.3. The van der Waals surface area contributed by atoms with E-state index in [2.05, 4.69) is 4.98 Å². The lowest BCUT2D eigenvalue weighted by Crippen LogP contribution is -2.55. The molecule has 2 aliphatic heterocycles. The number of amides is 1. The van der Waals surface area contributed by atoms with E-state index in [-0.39, 0.29) is 22.8 Å². The second kappa shape index (κ2) is 8.99. The average Bonchev–Trinajstić information content (AvgIpc) is 3.06. The molecule has 3 fully saturated rings. The zero-order chi connectivity index (χ0) is 24.8. The number of nitriles is 1. The molecule has 182 valence electrons. The van der Waals surface area contributed by atoms with Crippen LogP contribution in [0.4, 0.5) is 24.5 Å². The minimum Gasteiger partial charge on any atom is -0.490 e. The van der Waals surface area contributed by atoms with Crippen molar-refractivity contribution in [1.82, 2.24) is 4.98 Å². The maximum Gasteiger partial charge on any atom is 0.419 e. The highest BCUT2D eigenvalue weighted by Crippen LogP contribution is 2.48. The Balaban J connectivity index is 1.46. The maximum atomic E-state index is 13.5. The van der Waals surface area contributed by atoms with Crippen molar-refractivity contribution in [2.75, 3.05) is 21.3 Å². The molecule has 1 aliphatic carbocycles. The molecule has 35 heavy (non-hydrogen) atoms. The standard InChI is InChI=1S/C24H21F3N4O2S2/c25-24(26,27)19-12-16(14-29-20(19)13-28)30-21(32)23(8-1-9-23)31(22(30)34)15-2-4-17(5-3-15)33-18-6-10-35-11-7-18/h2-5,12,14,18H,1,6-11H2. The SMILES string of the molecule is N#Cc1ncc(N2C(=O)C3(CCC3)N(c3ccc(OC4CCSCC4)cc3)C2=S)cc1C(F)(F)F. The number of carbonyl (C=O) groups excluding carboxylic acids is 1. The fraction of sp³-hybridized carbons (Fsp3) is 0.417. The first kappa shape index (κ1) is 23.9. The number of pyridine rings is 1. The highest BCUT2D eigenvalue weighted by Gasteiger charge is 2.59. The first-order chi connectivity index (χ1) is 16.7. The molecule has 3 aliphatic rings. The Morgan fingerprint density at radius 1 is 1.17 bits per heavy atom. The zero-order valence-corrected chi connectivity index (χ0v) is 20.2. The predicted octanol–water partition coefficient (Wildman–Crippen LogP) is 5.31. The van der Waals surface area contributed by atoms with E-state index in [0.717, 1.165) is 53.7 Å². The van der Waals surface area contributed by atoms with Gasteiger partial charge < -0.3 is 9.64 Å². The molecular formula is C24H21F3N4O2S2. The number of halogens is 3. The fourth-order valence-electron chi connectivity index (χ4n) is 4.75. The highest BCUT2D eigenvalue weighted by atomic mass is 32.2. The molecule has 2 saturated heterocycles. The van der Waals surface area contributed by atoms with Gasteiger partial charge in [0.05, 0.1) is 17.4 Å². The van der Waals surface area contributed by atoms with Crippen molar-refractivity contribution in [3.8, 4) is 11.8 Å². The van der Waals surface area contributed by atoms with Crippen LogP contribution in [0.15, 0.2) is 36.5 Å². The van der Waals surface area contributed by atoms with Crippen molar-refractivity contribution < 1.29 is 22.7 Å². The van der Waals surface area contributed by atoms with E-state index >= 15 is 0 Å². The quantitative estimate of drug-likeness (QED) is 0.509. The van der Waals surface area contributed by atoms with Crippen LogP contribution in [0.3, 0.4) is 0 Å². The lowest BCUT2D eigenvalue weighted by molar-refractivity contribution is -0.138. The lowest BCUT2D eigenvalue weighted by atomic mass is 9.75. The van der Waals surface area contributed by atoms with E-state index in [1.54, 1.807) is 4.90 Å². The van der Waals surface area contributed by atoms with Crippen molar-refractivity contribution in [3.05, 3.63) is 47.8 Å². The number of hydrogen-bond acceptors (Lipinski definition) is 6. The molecule has 6 nitrogen and oxygen atoms in total. The summed E-state index contributed by atoms with van der Waals surface area (Å²) in [6.45, 7) is 0. The number of thiocarbonyl (C=S) groups is 1. The number of rotatable bonds is 4. The van der Waals surface area contributed by atoms with Gasteiger partial charge in [0.25, 0.3) is 5.91 Å². The summed E-state index contributed by atoms with van der Waals surface area (Å²) >= 11 is 7.56. The van der Waals surface area contributed by atoms with Gasteiger partial charge in [0.2, 0.25) is 0 Å². The van der Waals surface area contributed by atoms with E-state index in [9.17, 15) is 18.0 Å². The minimum atomic E-state index is -4.79. The number of benzene rings is 1. The summed E-state index contributed by atoms with van der Waals surface area (Å²) in [5.74, 6) is 2.50. The zero-order valence-electron chi connectivity index (χ0n) is 18.5. The summed E-state index contributed by atoms with van der Waals surface area (Å²) in [5, 5.41) is 9.14. The number of nitrogens with zero attached hydrogens (tertiary/aromatic N) is 4. The van der Waals surface area contributed by atoms with E-state index in [1.807, 2.05) is 36.0 Å². The molecule has 1 spiro atoms. The lowest BCUT2D eigenvalue weighted by Gasteiger charge is -2.43. The number of carbonyl (C=O) groups is 1. The van der Waals surface area contributed by atoms with Crippen molar-refractivity contribution in [2.45, 2.75) is 49.9 Å². The Bertz CT molecular complexity index is 1200. The van der Waals surface area contributed by atoms with Crippen molar-refractivity contribution >= 4 is 46.4 Å². The second-order valence-corrected chi connectivity index (χ2v) is 10.4. The van der Waals surface area contributed by atoms with Crippen molar-refractivity contribution in [1.29, 1.82) is 5.26 Å². The molecule has 0 bridgehead atoms. The molecule has 11 heteroatoms. The topological polar surface area (TPSA) is 69.5 Å². The predicted molar refractivity (Wildman–Crippen MR) is 131 cm³/mol.